The Balaban J connectivity index is 2.53. The van der Waals surface area contributed by atoms with Crippen molar-refractivity contribution < 1.29 is 5.21 Å². The summed E-state index contributed by atoms with van der Waals surface area (Å²) in [5.74, 6) is 2.37. The second-order valence-electron chi connectivity index (χ2n) is 12.2. The molecule has 0 amide bonds. The molecule has 2 heterocycles. The van der Waals surface area contributed by atoms with Gasteiger partial charge in [0.2, 0.25) is 17.8 Å². The minimum Gasteiger partial charge on any atom is -0.341 e. The molecule has 8 nitrogen and oxygen atoms in total. The fourth-order valence-corrected chi connectivity index (χ4v) is 5.46. The maximum Gasteiger partial charge on any atom is 0.231 e. The van der Waals surface area contributed by atoms with Gasteiger partial charge in [-0.25, -0.2) is 0 Å². The van der Waals surface area contributed by atoms with E-state index >= 15 is 0 Å². The Labute approximate surface area is 227 Å². The summed E-state index contributed by atoms with van der Waals surface area (Å²) in [6.45, 7) is 21.3. The zero-order valence-electron chi connectivity index (χ0n) is 25.6. The highest BCUT2D eigenvalue weighted by Gasteiger charge is 2.46. The first-order valence-electron chi connectivity index (χ1n) is 15.0. The van der Waals surface area contributed by atoms with Crippen LogP contribution >= 0.6 is 0 Å². The Bertz CT molecular complexity index is 728. The van der Waals surface area contributed by atoms with Crippen LogP contribution in [0.25, 0.3) is 0 Å². The summed E-state index contributed by atoms with van der Waals surface area (Å²) in [5, 5.41) is 12.4. The van der Waals surface area contributed by atoms with Gasteiger partial charge in [0.15, 0.2) is 0 Å². The van der Waals surface area contributed by atoms with Gasteiger partial charge >= 0.3 is 0 Å². The van der Waals surface area contributed by atoms with Gasteiger partial charge in [-0.1, -0.05) is 53.4 Å². The Morgan fingerprint density at radius 3 is 1.32 bits per heavy atom. The van der Waals surface area contributed by atoms with Gasteiger partial charge < -0.3 is 19.9 Å². The van der Waals surface area contributed by atoms with E-state index in [1.54, 1.807) is 5.06 Å². The fraction of sp³-hybridized carbons (Fsp3) is 0.897. The van der Waals surface area contributed by atoms with Gasteiger partial charge in [0, 0.05) is 50.3 Å². The summed E-state index contributed by atoms with van der Waals surface area (Å²) in [4.78, 5) is 22.3. The number of anilines is 3. The summed E-state index contributed by atoms with van der Waals surface area (Å²) >= 11 is 0. The van der Waals surface area contributed by atoms with Crippen molar-refractivity contribution in [2.75, 3.05) is 47.9 Å². The maximum absolute atomic E-state index is 10.9. The summed E-state index contributed by atoms with van der Waals surface area (Å²) in [5.41, 5.74) is -0.663. The van der Waals surface area contributed by atoms with Crippen molar-refractivity contribution >= 4 is 17.8 Å². The third-order valence-electron chi connectivity index (χ3n) is 7.77. The average molecular weight is 520 g/mol. The zero-order valence-corrected chi connectivity index (χ0v) is 25.6. The third kappa shape index (κ3) is 8.67. The van der Waals surface area contributed by atoms with Gasteiger partial charge in [-0.15, -0.1) is 0 Å². The summed E-state index contributed by atoms with van der Waals surface area (Å²) in [6.07, 6.45) is 10.8. The fourth-order valence-electron chi connectivity index (χ4n) is 5.46. The van der Waals surface area contributed by atoms with Crippen LogP contribution < -0.4 is 14.7 Å². The SMILES string of the molecule is CCCCN(CCCC)c1nc(N(CCCC)CCCC)nc(N(C)C2CC(C)(C)N(O)C(C)(C)C2)n1. The van der Waals surface area contributed by atoms with E-state index in [1.165, 1.54) is 0 Å². The predicted molar refractivity (Wildman–Crippen MR) is 157 cm³/mol. The van der Waals surface area contributed by atoms with Crippen LogP contribution in [0.2, 0.25) is 0 Å². The Morgan fingerprint density at radius 1 is 0.676 bits per heavy atom. The zero-order chi connectivity index (χ0) is 27.6. The number of nitrogens with zero attached hydrogens (tertiary/aromatic N) is 7. The topological polar surface area (TPSA) is 71.9 Å². The number of unbranched alkanes of at least 4 members (excludes halogenated alkanes) is 4. The number of hydroxylamine groups is 2. The first-order valence-corrected chi connectivity index (χ1v) is 15.0. The predicted octanol–water partition coefficient (Wildman–Crippen LogP) is 6.53. The van der Waals surface area contributed by atoms with Crippen molar-refractivity contribution in [2.45, 2.75) is 137 Å². The molecule has 2 rings (SSSR count). The van der Waals surface area contributed by atoms with E-state index < -0.39 is 0 Å². The number of piperidine rings is 1. The van der Waals surface area contributed by atoms with E-state index in [0.717, 1.165) is 108 Å². The molecule has 0 bridgehead atoms. The maximum atomic E-state index is 10.9. The van der Waals surface area contributed by atoms with E-state index in [9.17, 15) is 5.21 Å². The normalized spacial score (nSPS) is 17.7. The van der Waals surface area contributed by atoms with Crippen LogP contribution in [0.1, 0.15) is 120 Å². The van der Waals surface area contributed by atoms with Crippen LogP contribution in [0, 0.1) is 0 Å². The van der Waals surface area contributed by atoms with Crippen molar-refractivity contribution in [2.24, 2.45) is 0 Å². The molecule has 8 heteroatoms. The summed E-state index contributed by atoms with van der Waals surface area (Å²) in [7, 11) is 2.12. The lowest BCUT2D eigenvalue weighted by Crippen LogP contribution is -2.62. The van der Waals surface area contributed by atoms with Crippen LogP contribution in [0.15, 0.2) is 0 Å². The van der Waals surface area contributed by atoms with Crippen LogP contribution in [0.5, 0.6) is 0 Å². The van der Waals surface area contributed by atoms with Gasteiger partial charge in [0.1, 0.15) is 0 Å². The molecule has 0 spiro atoms. The molecular weight excluding hydrogens is 462 g/mol. The first kappa shape index (κ1) is 31.5. The molecule has 0 radical (unpaired) electrons. The molecule has 214 valence electrons. The van der Waals surface area contributed by atoms with E-state index in [0.29, 0.717) is 0 Å². The van der Waals surface area contributed by atoms with Crippen molar-refractivity contribution in [3.05, 3.63) is 0 Å². The van der Waals surface area contributed by atoms with Crippen LogP contribution in [0.3, 0.4) is 0 Å². The van der Waals surface area contributed by atoms with Crippen molar-refractivity contribution in [1.29, 1.82) is 0 Å². The number of rotatable bonds is 16. The molecular formula is C29H57N7O. The lowest BCUT2D eigenvalue weighted by atomic mass is 9.78. The highest BCUT2D eigenvalue weighted by molar-refractivity contribution is 5.47. The summed E-state index contributed by atoms with van der Waals surface area (Å²) < 4.78 is 0. The van der Waals surface area contributed by atoms with Crippen LogP contribution in [-0.4, -0.2) is 75.6 Å². The van der Waals surface area contributed by atoms with Gasteiger partial charge in [0.05, 0.1) is 0 Å². The quantitative estimate of drug-likeness (QED) is 0.264. The smallest absolute Gasteiger partial charge is 0.231 e. The number of hydrogen-bond acceptors (Lipinski definition) is 8. The van der Waals surface area contributed by atoms with E-state index in [4.69, 9.17) is 15.0 Å². The molecule has 1 aliphatic rings. The van der Waals surface area contributed by atoms with Crippen LogP contribution in [0.4, 0.5) is 17.8 Å². The second kappa shape index (κ2) is 14.5. The standard InChI is InChI=1S/C29H57N7O/c1-10-14-18-34(19-15-11-2)26-30-25(31-27(32-26)35(20-16-12-3)21-17-13-4)33(9)24-22-28(5,6)36(37)29(7,8)23-24/h24,37H,10-23H2,1-9H3. The molecule has 1 aliphatic heterocycles. The van der Waals surface area contributed by atoms with Crippen LogP contribution in [-0.2, 0) is 0 Å². The average Bonchev–Trinajstić information content (AvgIpc) is 2.86. The molecule has 1 aromatic rings. The molecule has 1 aromatic heterocycles. The van der Waals surface area contributed by atoms with E-state index in [2.05, 4.69) is 77.1 Å². The third-order valence-corrected chi connectivity index (χ3v) is 7.77. The molecule has 37 heavy (non-hydrogen) atoms. The highest BCUT2D eigenvalue weighted by atomic mass is 16.5. The highest BCUT2D eigenvalue weighted by Crippen LogP contribution is 2.39. The molecule has 0 unspecified atom stereocenters. The van der Waals surface area contributed by atoms with Gasteiger partial charge in [-0.3, -0.25) is 0 Å². The van der Waals surface area contributed by atoms with E-state index in [1.807, 2.05) is 0 Å². The van der Waals surface area contributed by atoms with Crippen molar-refractivity contribution in [3.63, 3.8) is 0 Å². The monoisotopic (exact) mass is 519 g/mol. The first-order chi connectivity index (χ1) is 17.5. The Hall–Kier alpha value is -1.67. The van der Waals surface area contributed by atoms with Crippen molar-refractivity contribution in [1.82, 2.24) is 20.0 Å². The van der Waals surface area contributed by atoms with Gasteiger partial charge in [-0.2, -0.15) is 20.0 Å². The Morgan fingerprint density at radius 2 is 1.00 bits per heavy atom. The largest absolute Gasteiger partial charge is 0.341 e. The molecule has 1 fully saturated rings. The number of aromatic nitrogens is 3. The molecule has 1 saturated heterocycles. The molecule has 0 aliphatic carbocycles. The molecule has 0 aromatic carbocycles. The van der Waals surface area contributed by atoms with Gasteiger partial charge in [0.25, 0.3) is 0 Å². The minimum atomic E-state index is -0.331. The molecule has 0 saturated carbocycles. The Kier molecular flexibility index (Phi) is 12.3. The van der Waals surface area contributed by atoms with E-state index in [-0.39, 0.29) is 17.1 Å². The van der Waals surface area contributed by atoms with Crippen molar-refractivity contribution in [3.8, 4) is 0 Å². The lowest BCUT2D eigenvalue weighted by molar-refractivity contribution is -0.244. The molecule has 1 N–H and O–H groups in total. The number of hydrogen-bond donors (Lipinski definition) is 1. The minimum absolute atomic E-state index is 0.218. The molecule has 0 atom stereocenters. The van der Waals surface area contributed by atoms with Gasteiger partial charge in [-0.05, 0) is 66.2 Å². The second-order valence-corrected chi connectivity index (χ2v) is 12.2. The summed E-state index contributed by atoms with van der Waals surface area (Å²) in [6, 6.07) is 0.218. The lowest BCUT2D eigenvalue weighted by Gasteiger charge is -2.53.